The Labute approximate surface area is 216 Å². The molecule has 0 fully saturated rings. The minimum absolute atomic E-state index is 0.0453. The molecule has 37 heavy (non-hydrogen) atoms. The number of carbonyl (C=O) groups is 1. The minimum Gasteiger partial charge on any atom is -0.496 e. The first kappa shape index (κ1) is 28.2. The molecule has 1 N–H and O–H groups in total. The van der Waals surface area contributed by atoms with Gasteiger partial charge in [-0.3, -0.25) is 4.99 Å². The number of carbonyl (C=O) groups excluding carboxylic acids is 1. The number of nitrogens with zero attached hydrogens (tertiary/aromatic N) is 2. The highest BCUT2D eigenvalue weighted by molar-refractivity contribution is 6.30. The molecule has 0 aliphatic carbocycles. The molecule has 0 aliphatic heterocycles. The van der Waals surface area contributed by atoms with Gasteiger partial charge in [-0.25, -0.2) is 9.78 Å². The summed E-state index contributed by atoms with van der Waals surface area (Å²) in [5.74, 6) is 0.299. The molecule has 0 bridgehead atoms. The maximum atomic E-state index is 14.2. The summed E-state index contributed by atoms with van der Waals surface area (Å²) in [5.41, 5.74) is -3.65. The van der Waals surface area contributed by atoms with Gasteiger partial charge in [-0.05, 0) is 55.2 Å². The number of aromatic nitrogens is 1. The normalized spacial score (nSPS) is 14.0. The van der Waals surface area contributed by atoms with Crippen LogP contribution in [0.25, 0.3) is 10.9 Å². The average molecular weight is 539 g/mol. The van der Waals surface area contributed by atoms with Gasteiger partial charge in [-0.2, -0.15) is 13.2 Å². The molecule has 2 aromatic carbocycles. The number of rotatable bonds is 8. The Balaban J connectivity index is 1.98. The molecule has 1 heterocycles. The van der Waals surface area contributed by atoms with Crippen molar-refractivity contribution < 1.29 is 37.3 Å². The second-order valence-electron chi connectivity index (χ2n) is 8.86. The first-order chi connectivity index (χ1) is 17.3. The second-order valence-corrected chi connectivity index (χ2v) is 9.30. The second kappa shape index (κ2) is 10.9. The average Bonchev–Trinajstić information content (AvgIpc) is 2.81. The maximum Gasteiger partial charge on any atom is 0.515 e. The standard InChI is InChI=1S/C26H26ClF3N2O5/c1-5-36-23(33)37-22-12-10-17-19(7-6-8-20(17)32-22)31-15-25(34,26(28,29)30)14-24(2,3)18-13-16(27)9-11-21(18)35-4/h6-13,15,34H,5,14H2,1-4H3. The summed E-state index contributed by atoms with van der Waals surface area (Å²) in [6.45, 7) is 4.85. The molecule has 3 aromatic rings. The maximum absolute atomic E-state index is 14.2. The Morgan fingerprint density at radius 3 is 2.54 bits per heavy atom. The fraction of sp³-hybridized carbons (Fsp3) is 0.346. The molecular weight excluding hydrogens is 513 g/mol. The summed E-state index contributed by atoms with van der Waals surface area (Å²) < 4.78 is 57.6. The molecule has 7 nitrogen and oxygen atoms in total. The van der Waals surface area contributed by atoms with E-state index in [0.29, 0.717) is 33.5 Å². The number of aliphatic imine (C=N–C) groups is 1. The van der Waals surface area contributed by atoms with Crippen LogP contribution in [0.2, 0.25) is 5.02 Å². The van der Waals surface area contributed by atoms with Crippen LogP contribution in [0.4, 0.5) is 23.7 Å². The van der Waals surface area contributed by atoms with Crippen molar-refractivity contribution >= 4 is 40.6 Å². The lowest BCUT2D eigenvalue weighted by Gasteiger charge is -2.36. The number of ether oxygens (including phenoxy) is 3. The van der Waals surface area contributed by atoms with Gasteiger partial charge in [0.2, 0.25) is 5.88 Å². The molecule has 0 saturated carbocycles. The lowest BCUT2D eigenvalue weighted by atomic mass is 9.75. The van der Waals surface area contributed by atoms with Gasteiger partial charge in [0.1, 0.15) is 5.75 Å². The summed E-state index contributed by atoms with van der Waals surface area (Å²) in [6.07, 6.45) is -6.24. The third-order valence-corrected chi connectivity index (χ3v) is 5.88. The molecule has 1 aromatic heterocycles. The first-order valence-corrected chi connectivity index (χ1v) is 11.6. The van der Waals surface area contributed by atoms with E-state index < -0.39 is 29.8 Å². The van der Waals surface area contributed by atoms with Crippen molar-refractivity contribution in [3.05, 3.63) is 59.1 Å². The van der Waals surface area contributed by atoms with Gasteiger partial charge in [-0.1, -0.05) is 31.5 Å². The third kappa shape index (κ3) is 6.50. The fourth-order valence-corrected chi connectivity index (χ4v) is 4.07. The molecular formula is C26H26ClF3N2O5. The molecule has 198 valence electrons. The molecule has 0 amide bonds. The number of pyridine rings is 1. The summed E-state index contributed by atoms with van der Waals surface area (Å²) >= 11 is 6.09. The molecule has 3 rings (SSSR count). The fourth-order valence-electron chi connectivity index (χ4n) is 3.90. The third-order valence-electron chi connectivity index (χ3n) is 5.64. The number of aliphatic hydroxyl groups is 1. The van der Waals surface area contributed by atoms with Crippen LogP contribution in [0.3, 0.4) is 0 Å². The van der Waals surface area contributed by atoms with Crippen LogP contribution >= 0.6 is 11.6 Å². The van der Waals surface area contributed by atoms with E-state index in [1.165, 1.54) is 37.4 Å². The van der Waals surface area contributed by atoms with E-state index in [9.17, 15) is 23.1 Å². The lowest BCUT2D eigenvalue weighted by molar-refractivity contribution is -0.234. The van der Waals surface area contributed by atoms with E-state index in [-0.39, 0.29) is 18.2 Å². The molecule has 11 heteroatoms. The Morgan fingerprint density at radius 1 is 1.16 bits per heavy atom. The Morgan fingerprint density at radius 2 is 1.89 bits per heavy atom. The Bertz CT molecular complexity index is 1310. The number of halogens is 4. The predicted molar refractivity (Wildman–Crippen MR) is 134 cm³/mol. The van der Waals surface area contributed by atoms with E-state index in [1.807, 2.05) is 0 Å². The molecule has 0 spiro atoms. The largest absolute Gasteiger partial charge is 0.515 e. The van der Waals surface area contributed by atoms with Gasteiger partial charge in [0, 0.05) is 28.3 Å². The monoisotopic (exact) mass is 538 g/mol. The highest BCUT2D eigenvalue weighted by Crippen LogP contribution is 2.44. The summed E-state index contributed by atoms with van der Waals surface area (Å²) in [7, 11) is 1.40. The number of methoxy groups -OCH3 is 1. The minimum atomic E-state index is -5.04. The van der Waals surface area contributed by atoms with Gasteiger partial charge in [0.15, 0.2) is 5.60 Å². The molecule has 0 aliphatic rings. The summed E-state index contributed by atoms with van der Waals surface area (Å²) in [5, 5.41) is 11.6. The van der Waals surface area contributed by atoms with Crippen molar-refractivity contribution in [1.82, 2.24) is 4.98 Å². The number of benzene rings is 2. The Hall–Kier alpha value is -3.37. The lowest BCUT2D eigenvalue weighted by Crippen LogP contribution is -2.50. The van der Waals surface area contributed by atoms with Crippen LogP contribution < -0.4 is 9.47 Å². The molecule has 0 radical (unpaired) electrons. The highest BCUT2D eigenvalue weighted by atomic mass is 35.5. The number of hydrogen-bond donors (Lipinski definition) is 1. The molecule has 0 saturated heterocycles. The van der Waals surface area contributed by atoms with Crippen molar-refractivity contribution in [3.63, 3.8) is 0 Å². The van der Waals surface area contributed by atoms with Crippen LogP contribution in [-0.4, -0.2) is 48.0 Å². The Kier molecular flexibility index (Phi) is 8.34. The van der Waals surface area contributed by atoms with Crippen LogP contribution in [0.15, 0.2) is 53.5 Å². The predicted octanol–water partition coefficient (Wildman–Crippen LogP) is 6.80. The van der Waals surface area contributed by atoms with E-state index in [2.05, 4.69) is 9.98 Å². The SMILES string of the molecule is CCOC(=O)Oc1ccc2c(N=CC(O)(CC(C)(C)c3cc(Cl)ccc3OC)C(F)(F)F)cccc2n1. The first-order valence-electron chi connectivity index (χ1n) is 11.2. The van der Waals surface area contributed by atoms with Crippen LogP contribution in [0.1, 0.15) is 32.8 Å². The number of hydrogen-bond acceptors (Lipinski definition) is 7. The van der Waals surface area contributed by atoms with Gasteiger partial charge < -0.3 is 19.3 Å². The molecule has 1 unspecified atom stereocenters. The van der Waals surface area contributed by atoms with Crippen molar-refractivity contribution in [2.75, 3.05) is 13.7 Å². The van der Waals surface area contributed by atoms with E-state index in [1.54, 1.807) is 39.0 Å². The van der Waals surface area contributed by atoms with Crippen molar-refractivity contribution in [1.29, 1.82) is 0 Å². The van der Waals surface area contributed by atoms with E-state index >= 15 is 0 Å². The van der Waals surface area contributed by atoms with Gasteiger partial charge in [-0.15, -0.1) is 0 Å². The van der Waals surface area contributed by atoms with Crippen LogP contribution in [0.5, 0.6) is 11.6 Å². The quantitative estimate of drug-likeness (QED) is 0.251. The van der Waals surface area contributed by atoms with Crippen LogP contribution in [-0.2, 0) is 10.2 Å². The van der Waals surface area contributed by atoms with Gasteiger partial charge in [0.25, 0.3) is 0 Å². The van der Waals surface area contributed by atoms with E-state index in [0.717, 1.165) is 0 Å². The van der Waals surface area contributed by atoms with Crippen molar-refractivity contribution in [2.24, 2.45) is 4.99 Å². The zero-order chi connectivity index (χ0) is 27.4. The number of fused-ring (bicyclic) bond motifs is 1. The smallest absolute Gasteiger partial charge is 0.496 e. The zero-order valence-electron chi connectivity index (χ0n) is 20.6. The van der Waals surface area contributed by atoms with Gasteiger partial charge >= 0.3 is 12.3 Å². The molecule has 1 atom stereocenters. The van der Waals surface area contributed by atoms with Gasteiger partial charge in [0.05, 0.1) is 24.9 Å². The van der Waals surface area contributed by atoms with E-state index in [4.69, 9.17) is 25.8 Å². The van der Waals surface area contributed by atoms with Crippen molar-refractivity contribution in [2.45, 2.75) is 44.4 Å². The van der Waals surface area contributed by atoms with Crippen molar-refractivity contribution in [3.8, 4) is 11.6 Å². The summed E-state index contributed by atoms with van der Waals surface area (Å²) in [4.78, 5) is 19.7. The topological polar surface area (TPSA) is 90.2 Å². The highest BCUT2D eigenvalue weighted by Gasteiger charge is 2.55. The summed E-state index contributed by atoms with van der Waals surface area (Å²) in [6, 6.07) is 12.1. The zero-order valence-corrected chi connectivity index (χ0v) is 21.4. The number of alkyl halides is 3. The van der Waals surface area contributed by atoms with Crippen LogP contribution in [0, 0.1) is 0 Å².